The number of para-hydroxylation sites is 1. The number of hydrogen-bond acceptors (Lipinski definition) is 1. The first-order valence-electron chi connectivity index (χ1n) is 3.96. The van der Waals surface area contributed by atoms with E-state index in [1.807, 2.05) is 0 Å². The van der Waals surface area contributed by atoms with Gasteiger partial charge in [-0.25, -0.2) is 0 Å². The van der Waals surface area contributed by atoms with Crippen molar-refractivity contribution in [2.75, 3.05) is 11.9 Å². The van der Waals surface area contributed by atoms with E-state index in [2.05, 4.69) is 64.9 Å². The second-order valence-electron chi connectivity index (χ2n) is 2.92. The molecule has 0 unspecified atom stereocenters. The summed E-state index contributed by atoms with van der Waals surface area (Å²) in [5.41, 5.74) is 2.75. The zero-order chi connectivity index (χ0) is 8.55. The fraction of sp³-hybridized carbons (Fsp3) is 0.200. The Labute approximate surface area is 86.2 Å². The Morgan fingerprint density at radius 3 is 2.92 bits per heavy atom. The maximum atomic E-state index is 2.37. The van der Waals surface area contributed by atoms with Gasteiger partial charge in [-0.3, -0.25) is 0 Å². The predicted octanol–water partition coefficient (Wildman–Crippen LogP) is 2.96. The molecule has 2 heteroatoms. The molecule has 1 aromatic carbocycles. The Bertz CT molecular complexity index is 330. The molecular weight excluding hydrogens is 261 g/mol. The van der Waals surface area contributed by atoms with Crippen molar-refractivity contribution in [2.45, 2.75) is 6.42 Å². The van der Waals surface area contributed by atoms with Crippen molar-refractivity contribution < 1.29 is 0 Å². The fourth-order valence-corrected chi connectivity index (χ4v) is 1.94. The molecule has 0 N–H and O–H groups in total. The van der Waals surface area contributed by atoms with Crippen LogP contribution in [0.3, 0.4) is 0 Å². The van der Waals surface area contributed by atoms with E-state index in [0.29, 0.717) is 0 Å². The molecule has 1 nitrogen and oxygen atoms in total. The minimum Gasteiger partial charge on any atom is -0.340 e. The lowest BCUT2D eigenvalue weighted by Crippen LogP contribution is -2.17. The summed E-state index contributed by atoms with van der Waals surface area (Å²) in [5.74, 6) is 0. The largest absolute Gasteiger partial charge is 0.340 e. The van der Waals surface area contributed by atoms with Gasteiger partial charge in [0.15, 0.2) is 0 Å². The maximum Gasteiger partial charge on any atom is 0.0762 e. The third-order valence-electron chi connectivity index (χ3n) is 2.16. The standard InChI is InChI=1S/C10H10IN/c1-12-9-5-3-2-4-8(9)6-7-10(12)11/h2-5,7H,6H2,1H3. The number of halogens is 1. The number of nitrogens with zero attached hydrogens (tertiary/aromatic N) is 1. The van der Waals surface area contributed by atoms with Crippen LogP contribution in [0.1, 0.15) is 5.56 Å². The topological polar surface area (TPSA) is 3.24 Å². The van der Waals surface area contributed by atoms with Crippen molar-refractivity contribution in [3.05, 3.63) is 39.6 Å². The van der Waals surface area contributed by atoms with Gasteiger partial charge in [0, 0.05) is 12.7 Å². The number of rotatable bonds is 0. The van der Waals surface area contributed by atoms with Crippen LogP contribution in [0.15, 0.2) is 34.0 Å². The second-order valence-corrected chi connectivity index (χ2v) is 4.02. The molecule has 0 atom stereocenters. The average Bonchev–Trinajstić information content (AvgIpc) is 2.12. The van der Waals surface area contributed by atoms with E-state index in [9.17, 15) is 0 Å². The van der Waals surface area contributed by atoms with Crippen molar-refractivity contribution in [3.8, 4) is 0 Å². The highest BCUT2D eigenvalue weighted by Crippen LogP contribution is 2.30. The van der Waals surface area contributed by atoms with Crippen LogP contribution in [0.4, 0.5) is 5.69 Å². The quantitative estimate of drug-likeness (QED) is 0.518. The summed E-state index contributed by atoms with van der Waals surface area (Å²) in [6.45, 7) is 0. The van der Waals surface area contributed by atoms with Gasteiger partial charge >= 0.3 is 0 Å². The van der Waals surface area contributed by atoms with Gasteiger partial charge in [-0.15, -0.1) is 0 Å². The van der Waals surface area contributed by atoms with E-state index in [4.69, 9.17) is 0 Å². The first-order chi connectivity index (χ1) is 5.79. The van der Waals surface area contributed by atoms with E-state index in [-0.39, 0.29) is 0 Å². The van der Waals surface area contributed by atoms with E-state index in [0.717, 1.165) is 6.42 Å². The second kappa shape index (κ2) is 3.09. The van der Waals surface area contributed by atoms with Crippen molar-refractivity contribution in [2.24, 2.45) is 0 Å². The van der Waals surface area contributed by atoms with Gasteiger partial charge < -0.3 is 4.90 Å². The van der Waals surface area contributed by atoms with E-state index in [1.165, 1.54) is 15.0 Å². The summed E-state index contributed by atoms with van der Waals surface area (Å²) in [6.07, 6.45) is 3.32. The molecular formula is C10H10IN. The van der Waals surface area contributed by atoms with Crippen molar-refractivity contribution >= 4 is 28.3 Å². The van der Waals surface area contributed by atoms with E-state index >= 15 is 0 Å². The minimum atomic E-state index is 1.07. The number of benzene rings is 1. The van der Waals surface area contributed by atoms with E-state index < -0.39 is 0 Å². The number of allylic oxidation sites excluding steroid dienone is 1. The summed E-state index contributed by atoms with van der Waals surface area (Å²) in [5, 5.41) is 0. The smallest absolute Gasteiger partial charge is 0.0762 e. The SMILES string of the molecule is CN1C(I)=CCc2ccccc21. The molecule has 0 aliphatic carbocycles. The van der Waals surface area contributed by atoms with Gasteiger partial charge in [-0.2, -0.15) is 0 Å². The van der Waals surface area contributed by atoms with Crippen LogP contribution in [0.5, 0.6) is 0 Å². The van der Waals surface area contributed by atoms with Gasteiger partial charge in [-0.1, -0.05) is 18.2 Å². The molecule has 0 amide bonds. The summed E-state index contributed by atoms with van der Waals surface area (Å²) in [6, 6.07) is 8.54. The maximum absolute atomic E-state index is 2.37. The zero-order valence-corrected chi connectivity index (χ0v) is 9.08. The molecule has 0 saturated carbocycles. The van der Waals surface area contributed by atoms with Crippen molar-refractivity contribution in [1.29, 1.82) is 0 Å². The Morgan fingerprint density at radius 1 is 1.33 bits per heavy atom. The third kappa shape index (κ3) is 1.24. The van der Waals surface area contributed by atoms with Crippen LogP contribution in [0.25, 0.3) is 0 Å². The van der Waals surface area contributed by atoms with Crippen molar-refractivity contribution in [3.63, 3.8) is 0 Å². The normalized spacial score (nSPS) is 15.5. The highest BCUT2D eigenvalue weighted by atomic mass is 127. The molecule has 2 rings (SSSR count). The van der Waals surface area contributed by atoms with Gasteiger partial charge in [0.05, 0.1) is 3.70 Å². The van der Waals surface area contributed by atoms with Crippen LogP contribution >= 0.6 is 22.6 Å². The molecule has 62 valence electrons. The van der Waals surface area contributed by atoms with Gasteiger partial charge in [0.1, 0.15) is 0 Å². The molecule has 0 spiro atoms. The lowest BCUT2D eigenvalue weighted by atomic mass is 10.1. The highest BCUT2D eigenvalue weighted by Gasteiger charge is 2.12. The van der Waals surface area contributed by atoms with Gasteiger partial charge in [0.25, 0.3) is 0 Å². The van der Waals surface area contributed by atoms with Crippen LogP contribution in [-0.2, 0) is 6.42 Å². The summed E-state index contributed by atoms with van der Waals surface area (Å²) in [7, 11) is 2.11. The lowest BCUT2D eigenvalue weighted by Gasteiger charge is -2.25. The number of fused-ring (bicyclic) bond motifs is 1. The van der Waals surface area contributed by atoms with Crippen molar-refractivity contribution in [1.82, 2.24) is 0 Å². The molecule has 1 aromatic rings. The molecule has 0 saturated heterocycles. The Morgan fingerprint density at radius 2 is 2.08 bits per heavy atom. The molecule has 1 aliphatic rings. The molecule has 1 heterocycles. The van der Waals surface area contributed by atoms with E-state index in [1.54, 1.807) is 0 Å². The molecule has 0 fully saturated rings. The van der Waals surface area contributed by atoms with Crippen LogP contribution in [0, 0.1) is 0 Å². The fourth-order valence-electron chi connectivity index (χ4n) is 1.46. The van der Waals surface area contributed by atoms with Gasteiger partial charge in [0.2, 0.25) is 0 Å². The Hall–Kier alpha value is -0.510. The molecule has 0 bridgehead atoms. The average molecular weight is 271 g/mol. The van der Waals surface area contributed by atoms with Crippen LogP contribution in [-0.4, -0.2) is 7.05 Å². The summed E-state index contributed by atoms with van der Waals surface area (Å²) < 4.78 is 1.31. The zero-order valence-electron chi connectivity index (χ0n) is 6.92. The number of anilines is 1. The van der Waals surface area contributed by atoms with Crippen LogP contribution in [0.2, 0.25) is 0 Å². The third-order valence-corrected chi connectivity index (χ3v) is 3.33. The predicted molar refractivity (Wildman–Crippen MR) is 60.7 cm³/mol. The first-order valence-corrected chi connectivity index (χ1v) is 5.04. The van der Waals surface area contributed by atoms with Crippen LogP contribution < -0.4 is 4.90 Å². The Kier molecular flexibility index (Phi) is 2.09. The molecule has 0 aromatic heterocycles. The molecule has 1 aliphatic heterocycles. The molecule has 12 heavy (non-hydrogen) atoms. The minimum absolute atomic E-state index is 1.07. The monoisotopic (exact) mass is 271 g/mol. The summed E-state index contributed by atoms with van der Waals surface area (Å²) in [4.78, 5) is 2.22. The first kappa shape index (κ1) is 8.10. The number of hydrogen-bond donors (Lipinski definition) is 0. The van der Waals surface area contributed by atoms with Gasteiger partial charge in [-0.05, 0) is 46.7 Å². The lowest BCUT2D eigenvalue weighted by molar-refractivity contribution is 1.08. The summed E-state index contributed by atoms with van der Waals surface area (Å²) >= 11 is 2.37. The highest BCUT2D eigenvalue weighted by molar-refractivity contribution is 14.1. The Balaban J connectivity index is 2.49. The molecule has 0 radical (unpaired) electrons.